The van der Waals surface area contributed by atoms with Gasteiger partial charge in [-0.15, -0.1) is 0 Å². The molecule has 2 rings (SSSR count). The monoisotopic (exact) mass is 239 g/mol. The third-order valence-electron chi connectivity index (χ3n) is 4.00. The standard InChI is InChI=1S/C13H25N3O/c1-9(2)6-15-12(17)10(3)16-7-13(14,8-16)11-4-5-11/h9-11H,4-8,14H2,1-3H3,(H,15,17). The highest BCUT2D eigenvalue weighted by atomic mass is 16.2. The normalized spacial score (nSPS) is 25.5. The Labute approximate surface area is 104 Å². The van der Waals surface area contributed by atoms with Gasteiger partial charge in [0.05, 0.1) is 6.04 Å². The minimum absolute atomic E-state index is 0.00654. The lowest BCUT2D eigenvalue weighted by molar-refractivity contribution is -0.129. The molecule has 1 aliphatic heterocycles. The van der Waals surface area contributed by atoms with E-state index >= 15 is 0 Å². The maximum atomic E-state index is 11.9. The zero-order valence-electron chi connectivity index (χ0n) is 11.2. The number of hydrogen-bond acceptors (Lipinski definition) is 3. The maximum Gasteiger partial charge on any atom is 0.237 e. The number of amides is 1. The summed E-state index contributed by atoms with van der Waals surface area (Å²) in [4.78, 5) is 14.1. The maximum absolute atomic E-state index is 11.9. The Hall–Kier alpha value is -0.610. The topological polar surface area (TPSA) is 58.4 Å². The number of rotatable bonds is 5. The van der Waals surface area contributed by atoms with Gasteiger partial charge in [0, 0.05) is 25.2 Å². The first-order chi connectivity index (χ1) is 7.92. The Morgan fingerprint density at radius 3 is 2.47 bits per heavy atom. The van der Waals surface area contributed by atoms with E-state index in [2.05, 4.69) is 24.1 Å². The molecular formula is C13H25N3O. The molecule has 4 heteroatoms. The molecule has 1 atom stereocenters. The minimum Gasteiger partial charge on any atom is -0.354 e. The Bertz CT molecular complexity index is 293. The Kier molecular flexibility index (Phi) is 3.46. The third-order valence-corrected chi connectivity index (χ3v) is 4.00. The van der Waals surface area contributed by atoms with Gasteiger partial charge in [-0.1, -0.05) is 13.8 Å². The Morgan fingerprint density at radius 2 is 2.00 bits per heavy atom. The van der Waals surface area contributed by atoms with Gasteiger partial charge in [0.15, 0.2) is 0 Å². The van der Waals surface area contributed by atoms with E-state index in [0.717, 1.165) is 19.6 Å². The van der Waals surface area contributed by atoms with Crippen LogP contribution < -0.4 is 11.1 Å². The van der Waals surface area contributed by atoms with E-state index in [4.69, 9.17) is 5.73 Å². The minimum atomic E-state index is -0.0378. The molecule has 0 aromatic carbocycles. The lowest BCUT2D eigenvalue weighted by Crippen LogP contribution is -2.71. The molecule has 1 unspecified atom stereocenters. The number of nitrogens with two attached hydrogens (primary N) is 1. The molecule has 0 bridgehead atoms. The SMILES string of the molecule is CC(C)CNC(=O)C(C)N1CC(N)(C2CC2)C1. The first-order valence-corrected chi connectivity index (χ1v) is 6.73. The second-order valence-corrected chi connectivity index (χ2v) is 6.23. The fraction of sp³-hybridized carbons (Fsp3) is 0.923. The number of nitrogens with one attached hydrogen (secondary N) is 1. The van der Waals surface area contributed by atoms with Crippen molar-refractivity contribution in [2.75, 3.05) is 19.6 Å². The van der Waals surface area contributed by atoms with E-state index in [1.165, 1.54) is 12.8 Å². The fourth-order valence-electron chi connectivity index (χ4n) is 2.52. The van der Waals surface area contributed by atoms with Gasteiger partial charge in [0.2, 0.25) is 5.91 Å². The van der Waals surface area contributed by atoms with Crippen LogP contribution in [0.4, 0.5) is 0 Å². The Balaban J connectivity index is 1.74. The van der Waals surface area contributed by atoms with Crippen molar-refractivity contribution in [3.05, 3.63) is 0 Å². The number of hydrogen-bond donors (Lipinski definition) is 2. The van der Waals surface area contributed by atoms with Crippen molar-refractivity contribution in [3.63, 3.8) is 0 Å². The van der Waals surface area contributed by atoms with Gasteiger partial charge in [-0.25, -0.2) is 0 Å². The molecule has 1 saturated heterocycles. The van der Waals surface area contributed by atoms with Crippen molar-refractivity contribution in [1.29, 1.82) is 0 Å². The van der Waals surface area contributed by atoms with Crippen molar-refractivity contribution >= 4 is 5.91 Å². The van der Waals surface area contributed by atoms with Gasteiger partial charge in [0.1, 0.15) is 0 Å². The molecule has 1 amide bonds. The highest BCUT2D eigenvalue weighted by molar-refractivity contribution is 5.81. The first-order valence-electron chi connectivity index (χ1n) is 6.73. The number of likely N-dealkylation sites (tertiary alicyclic amines) is 1. The average Bonchev–Trinajstić information content (AvgIpc) is 3.04. The number of nitrogens with zero attached hydrogens (tertiary/aromatic N) is 1. The summed E-state index contributed by atoms with van der Waals surface area (Å²) in [6, 6.07) is -0.0378. The molecule has 0 aromatic heterocycles. The molecule has 1 heterocycles. The smallest absolute Gasteiger partial charge is 0.237 e. The van der Waals surface area contributed by atoms with Crippen molar-refractivity contribution in [2.24, 2.45) is 17.6 Å². The van der Waals surface area contributed by atoms with Crippen LogP contribution in [0, 0.1) is 11.8 Å². The summed E-state index contributed by atoms with van der Waals surface area (Å²) in [6.45, 7) is 8.70. The van der Waals surface area contributed by atoms with Crippen LogP contribution in [-0.4, -0.2) is 42.0 Å². The lowest BCUT2D eigenvalue weighted by Gasteiger charge is -2.50. The zero-order valence-corrected chi connectivity index (χ0v) is 11.2. The summed E-state index contributed by atoms with van der Waals surface area (Å²) in [6.07, 6.45) is 2.55. The van der Waals surface area contributed by atoms with E-state index < -0.39 is 0 Å². The van der Waals surface area contributed by atoms with Gasteiger partial charge in [-0.05, 0) is 31.6 Å². The molecule has 17 heavy (non-hydrogen) atoms. The predicted octanol–water partition coefficient (Wildman–Crippen LogP) is 0.570. The van der Waals surface area contributed by atoms with Crippen LogP contribution in [0.15, 0.2) is 0 Å². The molecule has 2 fully saturated rings. The van der Waals surface area contributed by atoms with Gasteiger partial charge < -0.3 is 11.1 Å². The first kappa shape index (κ1) is 12.8. The van der Waals surface area contributed by atoms with Gasteiger partial charge in [0.25, 0.3) is 0 Å². The fourth-order valence-corrected chi connectivity index (χ4v) is 2.52. The summed E-state index contributed by atoms with van der Waals surface area (Å²) in [5, 5.41) is 2.98. The van der Waals surface area contributed by atoms with E-state index in [-0.39, 0.29) is 17.5 Å². The number of carbonyl (C=O) groups excluding carboxylic acids is 1. The van der Waals surface area contributed by atoms with E-state index in [0.29, 0.717) is 11.8 Å². The lowest BCUT2D eigenvalue weighted by atomic mass is 9.84. The second-order valence-electron chi connectivity index (χ2n) is 6.23. The highest BCUT2D eigenvalue weighted by Crippen LogP contribution is 2.43. The second kappa shape index (κ2) is 4.58. The predicted molar refractivity (Wildman–Crippen MR) is 68.5 cm³/mol. The van der Waals surface area contributed by atoms with Gasteiger partial charge in [-0.3, -0.25) is 9.69 Å². The van der Waals surface area contributed by atoms with Crippen LogP contribution in [0.5, 0.6) is 0 Å². The molecule has 0 spiro atoms. The molecular weight excluding hydrogens is 214 g/mol. The number of carbonyl (C=O) groups is 1. The van der Waals surface area contributed by atoms with Crippen molar-refractivity contribution in [2.45, 2.75) is 45.2 Å². The molecule has 2 aliphatic rings. The van der Waals surface area contributed by atoms with Crippen LogP contribution in [0.1, 0.15) is 33.6 Å². The van der Waals surface area contributed by atoms with E-state index in [1.807, 2.05) is 6.92 Å². The average molecular weight is 239 g/mol. The van der Waals surface area contributed by atoms with Gasteiger partial charge in [-0.2, -0.15) is 0 Å². The van der Waals surface area contributed by atoms with Crippen molar-refractivity contribution in [1.82, 2.24) is 10.2 Å². The molecule has 4 nitrogen and oxygen atoms in total. The molecule has 1 saturated carbocycles. The molecule has 0 radical (unpaired) electrons. The molecule has 0 aromatic rings. The molecule has 3 N–H and O–H groups in total. The largest absolute Gasteiger partial charge is 0.354 e. The summed E-state index contributed by atoms with van der Waals surface area (Å²) in [7, 11) is 0. The summed E-state index contributed by atoms with van der Waals surface area (Å²) in [5.74, 6) is 1.35. The van der Waals surface area contributed by atoms with Gasteiger partial charge >= 0.3 is 0 Å². The van der Waals surface area contributed by atoms with Crippen LogP contribution in [0.3, 0.4) is 0 Å². The summed E-state index contributed by atoms with van der Waals surface area (Å²) in [5.41, 5.74) is 6.29. The Morgan fingerprint density at radius 1 is 1.41 bits per heavy atom. The van der Waals surface area contributed by atoms with Crippen LogP contribution in [-0.2, 0) is 4.79 Å². The van der Waals surface area contributed by atoms with Crippen LogP contribution in [0.25, 0.3) is 0 Å². The third kappa shape index (κ3) is 2.80. The molecule has 98 valence electrons. The van der Waals surface area contributed by atoms with Crippen LogP contribution in [0.2, 0.25) is 0 Å². The quantitative estimate of drug-likeness (QED) is 0.737. The summed E-state index contributed by atoms with van der Waals surface area (Å²) >= 11 is 0. The highest BCUT2D eigenvalue weighted by Gasteiger charge is 2.51. The molecule has 1 aliphatic carbocycles. The van der Waals surface area contributed by atoms with E-state index in [1.54, 1.807) is 0 Å². The van der Waals surface area contributed by atoms with E-state index in [9.17, 15) is 4.79 Å². The van der Waals surface area contributed by atoms with Crippen LogP contribution >= 0.6 is 0 Å². The summed E-state index contributed by atoms with van der Waals surface area (Å²) < 4.78 is 0. The van der Waals surface area contributed by atoms with Crippen molar-refractivity contribution in [3.8, 4) is 0 Å². The van der Waals surface area contributed by atoms with Crippen molar-refractivity contribution < 1.29 is 4.79 Å². The zero-order chi connectivity index (χ0) is 12.6.